The molecule has 0 saturated heterocycles. The van der Waals surface area contributed by atoms with Gasteiger partial charge in [0.05, 0.1) is 0 Å². The molecule has 0 fully saturated rings. The van der Waals surface area contributed by atoms with Gasteiger partial charge in [0, 0.05) is 17.5 Å². The van der Waals surface area contributed by atoms with Crippen molar-refractivity contribution in [1.82, 2.24) is 5.32 Å². The van der Waals surface area contributed by atoms with E-state index in [0.717, 1.165) is 12.3 Å². The summed E-state index contributed by atoms with van der Waals surface area (Å²) in [5.41, 5.74) is 4.18. The van der Waals surface area contributed by atoms with Gasteiger partial charge in [0.2, 0.25) is 0 Å². The Morgan fingerprint density at radius 2 is 1.80 bits per heavy atom. The molecule has 1 nitrogen and oxygen atoms in total. The van der Waals surface area contributed by atoms with E-state index in [-0.39, 0.29) is 0 Å². The van der Waals surface area contributed by atoms with E-state index >= 15 is 0 Å². The fraction of sp³-hybridized carbons (Fsp3) is 0.538. The van der Waals surface area contributed by atoms with Crippen LogP contribution in [0.1, 0.15) is 23.6 Å². The molecular formula is C13H21NS. The largest absolute Gasteiger partial charge is 0.319 e. The second-order valence-corrected chi connectivity index (χ2v) is 5.60. The smallest absolute Gasteiger partial charge is 0.0187 e. The van der Waals surface area contributed by atoms with E-state index in [1.807, 2.05) is 18.8 Å². The Bertz CT molecular complexity index is 289. The molecule has 1 unspecified atom stereocenters. The number of rotatable bonds is 5. The van der Waals surface area contributed by atoms with Gasteiger partial charge in [-0.05, 0) is 26.5 Å². The summed E-state index contributed by atoms with van der Waals surface area (Å²) in [6.45, 7) is 7.68. The van der Waals surface area contributed by atoms with Crippen molar-refractivity contribution >= 4 is 11.8 Å². The van der Waals surface area contributed by atoms with E-state index in [2.05, 4.69) is 44.3 Å². The standard InChI is InChI=1S/C13H21NS/c1-10-5-11(2)7-13(6-10)9-15-12(3)8-14-4/h5-7,12,14H,8-9H2,1-4H3. The van der Waals surface area contributed by atoms with Gasteiger partial charge in [0.15, 0.2) is 0 Å². The molecule has 1 atom stereocenters. The van der Waals surface area contributed by atoms with Gasteiger partial charge in [-0.3, -0.25) is 0 Å². The van der Waals surface area contributed by atoms with Crippen LogP contribution in [0.25, 0.3) is 0 Å². The minimum atomic E-state index is 0.677. The predicted molar refractivity (Wildman–Crippen MR) is 70.6 cm³/mol. The van der Waals surface area contributed by atoms with E-state index in [9.17, 15) is 0 Å². The molecule has 0 aliphatic carbocycles. The highest BCUT2D eigenvalue weighted by molar-refractivity contribution is 7.99. The number of thioether (sulfide) groups is 1. The van der Waals surface area contributed by atoms with Crippen LogP contribution in [0.4, 0.5) is 0 Å². The zero-order valence-electron chi connectivity index (χ0n) is 10.1. The highest BCUT2D eigenvalue weighted by atomic mass is 32.2. The minimum Gasteiger partial charge on any atom is -0.319 e. The predicted octanol–water partition coefficient (Wildman–Crippen LogP) is 3.14. The van der Waals surface area contributed by atoms with Crippen LogP contribution < -0.4 is 5.32 Å². The number of aryl methyl sites for hydroxylation is 2. The van der Waals surface area contributed by atoms with Crippen LogP contribution in [0.15, 0.2) is 18.2 Å². The Morgan fingerprint density at radius 1 is 1.20 bits per heavy atom. The van der Waals surface area contributed by atoms with Crippen molar-refractivity contribution in [3.8, 4) is 0 Å². The average molecular weight is 223 g/mol. The summed E-state index contributed by atoms with van der Waals surface area (Å²) in [6, 6.07) is 6.80. The molecule has 84 valence electrons. The Labute approximate surface area is 97.7 Å². The number of hydrogen-bond donors (Lipinski definition) is 1. The third-order valence-electron chi connectivity index (χ3n) is 2.31. The minimum absolute atomic E-state index is 0.677. The van der Waals surface area contributed by atoms with Crippen LogP contribution in [0.3, 0.4) is 0 Å². The van der Waals surface area contributed by atoms with E-state index in [1.165, 1.54) is 16.7 Å². The van der Waals surface area contributed by atoms with Crippen molar-refractivity contribution in [3.05, 3.63) is 34.9 Å². The first kappa shape index (κ1) is 12.6. The molecule has 1 aromatic carbocycles. The monoisotopic (exact) mass is 223 g/mol. The first-order valence-corrected chi connectivity index (χ1v) is 6.50. The van der Waals surface area contributed by atoms with Crippen molar-refractivity contribution in [2.75, 3.05) is 13.6 Å². The van der Waals surface area contributed by atoms with Gasteiger partial charge in [0.1, 0.15) is 0 Å². The summed E-state index contributed by atoms with van der Waals surface area (Å²) >= 11 is 2.01. The highest BCUT2D eigenvalue weighted by Gasteiger charge is 2.02. The molecule has 0 heterocycles. The molecule has 0 bridgehead atoms. The van der Waals surface area contributed by atoms with E-state index in [0.29, 0.717) is 5.25 Å². The summed E-state index contributed by atoms with van der Waals surface area (Å²) in [5.74, 6) is 1.12. The summed E-state index contributed by atoms with van der Waals surface area (Å²) < 4.78 is 0. The third kappa shape index (κ3) is 4.72. The fourth-order valence-electron chi connectivity index (χ4n) is 1.74. The van der Waals surface area contributed by atoms with Gasteiger partial charge in [-0.25, -0.2) is 0 Å². The summed E-state index contributed by atoms with van der Waals surface area (Å²) in [5, 5.41) is 3.88. The van der Waals surface area contributed by atoms with Crippen molar-refractivity contribution in [1.29, 1.82) is 0 Å². The zero-order valence-corrected chi connectivity index (χ0v) is 10.9. The van der Waals surface area contributed by atoms with Crippen molar-refractivity contribution < 1.29 is 0 Å². The summed E-state index contributed by atoms with van der Waals surface area (Å²) in [7, 11) is 2.01. The summed E-state index contributed by atoms with van der Waals surface area (Å²) in [4.78, 5) is 0. The lowest BCUT2D eigenvalue weighted by Crippen LogP contribution is -2.17. The molecule has 0 aliphatic rings. The Morgan fingerprint density at radius 3 is 2.33 bits per heavy atom. The van der Waals surface area contributed by atoms with Crippen molar-refractivity contribution in [3.63, 3.8) is 0 Å². The molecule has 2 heteroatoms. The molecule has 1 N–H and O–H groups in total. The topological polar surface area (TPSA) is 12.0 Å². The van der Waals surface area contributed by atoms with Gasteiger partial charge in [-0.1, -0.05) is 36.2 Å². The maximum absolute atomic E-state index is 3.21. The van der Waals surface area contributed by atoms with Crippen LogP contribution in [-0.4, -0.2) is 18.8 Å². The summed E-state index contributed by atoms with van der Waals surface area (Å²) in [6.07, 6.45) is 0. The van der Waals surface area contributed by atoms with Crippen LogP contribution in [0.5, 0.6) is 0 Å². The van der Waals surface area contributed by atoms with Gasteiger partial charge in [-0.15, -0.1) is 0 Å². The third-order valence-corrected chi connectivity index (χ3v) is 3.54. The first-order chi connectivity index (χ1) is 7.11. The molecule has 0 spiro atoms. The SMILES string of the molecule is CNCC(C)SCc1cc(C)cc(C)c1. The molecule has 0 aliphatic heterocycles. The molecule has 1 rings (SSSR count). The lowest BCUT2D eigenvalue weighted by molar-refractivity contribution is 0.785. The lowest BCUT2D eigenvalue weighted by Gasteiger charge is -2.11. The second kappa shape index (κ2) is 6.19. The van der Waals surface area contributed by atoms with E-state index in [1.54, 1.807) is 0 Å². The molecule has 0 radical (unpaired) electrons. The van der Waals surface area contributed by atoms with Gasteiger partial charge < -0.3 is 5.32 Å². The fourth-order valence-corrected chi connectivity index (χ4v) is 2.67. The first-order valence-electron chi connectivity index (χ1n) is 5.45. The highest BCUT2D eigenvalue weighted by Crippen LogP contribution is 2.19. The van der Waals surface area contributed by atoms with Crippen molar-refractivity contribution in [2.45, 2.75) is 31.8 Å². The quantitative estimate of drug-likeness (QED) is 0.823. The maximum Gasteiger partial charge on any atom is 0.0187 e. The molecular weight excluding hydrogens is 202 g/mol. The van der Waals surface area contributed by atoms with Gasteiger partial charge >= 0.3 is 0 Å². The number of benzene rings is 1. The molecule has 0 amide bonds. The van der Waals surface area contributed by atoms with Crippen LogP contribution >= 0.6 is 11.8 Å². The number of hydrogen-bond acceptors (Lipinski definition) is 2. The van der Waals surface area contributed by atoms with Gasteiger partial charge in [-0.2, -0.15) is 11.8 Å². The second-order valence-electron chi connectivity index (χ2n) is 4.18. The van der Waals surface area contributed by atoms with E-state index < -0.39 is 0 Å². The van der Waals surface area contributed by atoms with Crippen molar-refractivity contribution in [2.24, 2.45) is 0 Å². The maximum atomic E-state index is 3.21. The lowest BCUT2D eigenvalue weighted by atomic mass is 10.1. The molecule has 15 heavy (non-hydrogen) atoms. The van der Waals surface area contributed by atoms with Crippen LogP contribution in [-0.2, 0) is 5.75 Å². The molecule has 1 aromatic rings. The van der Waals surface area contributed by atoms with Gasteiger partial charge in [0.25, 0.3) is 0 Å². The Hall–Kier alpha value is -0.470. The molecule has 0 saturated carbocycles. The molecule has 0 aromatic heterocycles. The normalized spacial score (nSPS) is 12.8. The zero-order chi connectivity index (χ0) is 11.3. The number of nitrogens with one attached hydrogen (secondary N) is 1. The Balaban J connectivity index is 2.50. The van der Waals surface area contributed by atoms with E-state index in [4.69, 9.17) is 0 Å². The Kier molecular flexibility index (Phi) is 5.20. The average Bonchev–Trinajstić information content (AvgIpc) is 2.14. The van der Waals surface area contributed by atoms with Crippen LogP contribution in [0.2, 0.25) is 0 Å². The van der Waals surface area contributed by atoms with Crippen LogP contribution in [0, 0.1) is 13.8 Å².